The molecular weight excluding hydrogens is 481 g/mol. The second-order valence-corrected chi connectivity index (χ2v) is 8.89. The normalized spacial score (nSPS) is 11.7. The average molecular weight is 497 g/mol. The highest BCUT2D eigenvalue weighted by atomic mass is 35.5. The van der Waals surface area contributed by atoms with Gasteiger partial charge in [0, 0.05) is 23.7 Å². The first-order valence-corrected chi connectivity index (χ1v) is 11.6. The fourth-order valence-corrected chi connectivity index (χ4v) is 4.84. The number of thiazole rings is 1. The van der Waals surface area contributed by atoms with Gasteiger partial charge in [0.1, 0.15) is 17.4 Å². The summed E-state index contributed by atoms with van der Waals surface area (Å²) in [5.74, 6) is 1.20. The van der Waals surface area contributed by atoms with Gasteiger partial charge in [-0.05, 0) is 24.3 Å². The lowest BCUT2D eigenvalue weighted by atomic mass is 10.2. The molecule has 0 N–H and O–H groups in total. The van der Waals surface area contributed by atoms with Crippen LogP contribution in [0.3, 0.4) is 0 Å². The highest BCUT2D eigenvalue weighted by Gasteiger charge is 2.30. The second kappa shape index (κ2) is 9.51. The monoisotopic (exact) mass is 496 g/mol. The average Bonchev–Trinajstić information content (AvgIpc) is 3.37. The van der Waals surface area contributed by atoms with Crippen molar-refractivity contribution in [3.8, 4) is 16.3 Å². The molecule has 0 aliphatic rings. The summed E-state index contributed by atoms with van der Waals surface area (Å²) in [6.07, 6.45) is -4.42. The third kappa shape index (κ3) is 5.25. The highest BCUT2D eigenvalue weighted by molar-refractivity contribution is 7.98. The molecule has 0 aliphatic heterocycles. The van der Waals surface area contributed by atoms with E-state index in [0.717, 1.165) is 28.4 Å². The van der Waals surface area contributed by atoms with E-state index in [0.29, 0.717) is 21.8 Å². The molecule has 4 rings (SSSR count). The standard InChI is InChI=1S/C21H16ClF3N4OS2/c1-29-18(10-30-15-6-4-5-13(9-15)21(23,24)25)27-28-20(29)32-12-14-11-31-19(26-14)16-7-2-3-8-17(16)22/h2-9,11H,10,12H2,1H3. The summed E-state index contributed by atoms with van der Waals surface area (Å²) in [6, 6.07) is 12.3. The Hall–Kier alpha value is -2.56. The van der Waals surface area contributed by atoms with E-state index in [1.165, 1.54) is 35.2 Å². The minimum Gasteiger partial charge on any atom is -0.486 e. The van der Waals surface area contributed by atoms with Gasteiger partial charge in [0.25, 0.3) is 0 Å². The highest BCUT2D eigenvalue weighted by Crippen LogP contribution is 2.33. The third-order valence-corrected chi connectivity index (χ3v) is 6.77. The molecule has 0 radical (unpaired) electrons. The molecule has 0 spiro atoms. The number of hydrogen-bond donors (Lipinski definition) is 0. The maximum Gasteiger partial charge on any atom is 0.416 e. The van der Waals surface area contributed by atoms with Crippen LogP contribution in [0.25, 0.3) is 10.6 Å². The summed E-state index contributed by atoms with van der Waals surface area (Å²) in [5.41, 5.74) is 1.02. The SMILES string of the molecule is Cn1c(COc2cccc(C(F)(F)F)c2)nnc1SCc1csc(-c2ccccc2Cl)n1. The Morgan fingerprint density at radius 3 is 2.72 bits per heavy atom. The lowest BCUT2D eigenvalue weighted by molar-refractivity contribution is -0.137. The minimum atomic E-state index is -4.42. The Kier molecular flexibility index (Phi) is 6.73. The van der Waals surface area contributed by atoms with Crippen LogP contribution in [0.1, 0.15) is 17.1 Å². The number of ether oxygens (including phenoxy) is 1. The van der Waals surface area contributed by atoms with Gasteiger partial charge in [0.15, 0.2) is 11.0 Å². The fourth-order valence-electron chi connectivity index (χ4n) is 2.78. The molecule has 0 saturated heterocycles. The van der Waals surface area contributed by atoms with Crippen molar-refractivity contribution in [2.75, 3.05) is 0 Å². The minimum absolute atomic E-state index is 0.00126. The molecule has 2 aromatic heterocycles. The van der Waals surface area contributed by atoms with Crippen molar-refractivity contribution < 1.29 is 17.9 Å². The molecule has 0 amide bonds. The van der Waals surface area contributed by atoms with E-state index in [4.69, 9.17) is 16.3 Å². The molecule has 166 valence electrons. The lowest BCUT2D eigenvalue weighted by Crippen LogP contribution is -2.07. The summed E-state index contributed by atoms with van der Waals surface area (Å²) in [4.78, 5) is 4.64. The Labute approximate surface area is 195 Å². The molecule has 2 heterocycles. The second-order valence-electron chi connectivity index (χ2n) is 6.68. The summed E-state index contributed by atoms with van der Waals surface area (Å²) >= 11 is 9.22. The summed E-state index contributed by atoms with van der Waals surface area (Å²) in [6.45, 7) is -0.00126. The van der Waals surface area contributed by atoms with Crippen molar-refractivity contribution in [1.29, 1.82) is 0 Å². The first-order chi connectivity index (χ1) is 15.3. The molecule has 0 fully saturated rings. The number of halogens is 4. The van der Waals surface area contributed by atoms with Gasteiger partial charge in [0.2, 0.25) is 0 Å². The van der Waals surface area contributed by atoms with Crippen molar-refractivity contribution in [2.45, 2.75) is 23.7 Å². The van der Waals surface area contributed by atoms with E-state index < -0.39 is 11.7 Å². The smallest absolute Gasteiger partial charge is 0.416 e. The quantitative estimate of drug-likeness (QED) is 0.274. The van der Waals surface area contributed by atoms with E-state index in [1.54, 1.807) is 11.6 Å². The van der Waals surface area contributed by atoms with E-state index in [9.17, 15) is 13.2 Å². The number of benzene rings is 2. The first-order valence-electron chi connectivity index (χ1n) is 9.31. The van der Waals surface area contributed by atoms with Gasteiger partial charge in [-0.25, -0.2) is 4.98 Å². The maximum atomic E-state index is 12.8. The number of alkyl halides is 3. The van der Waals surface area contributed by atoms with Crippen LogP contribution in [0.5, 0.6) is 5.75 Å². The predicted octanol–water partition coefficient (Wildman–Crippen LogP) is 6.48. The lowest BCUT2D eigenvalue weighted by Gasteiger charge is -2.10. The van der Waals surface area contributed by atoms with Gasteiger partial charge in [-0.15, -0.1) is 21.5 Å². The molecule has 32 heavy (non-hydrogen) atoms. The Bertz CT molecular complexity index is 1230. The predicted molar refractivity (Wildman–Crippen MR) is 119 cm³/mol. The van der Waals surface area contributed by atoms with Gasteiger partial charge in [-0.1, -0.05) is 47.6 Å². The number of nitrogens with zero attached hydrogens (tertiary/aromatic N) is 4. The zero-order valence-corrected chi connectivity index (χ0v) is 19.0. The molecule has 0 unspecified atom stereocenters. The van der Waals surface area contributed by atoms with Gasteiger partial charge in [-0.2, -0.15) is 13.2 Å². The van der Waals surface area contributed by atoms with Gasteiger partial charge in [0.05, 0.1) is 16.3 Å². The van der Waals surface area contributed by atoms with Crippen LogP contribution in [-0.2, 0) is 25.6 Å². The van der Waals surface area contributed by atoms with Crippen LogP contribution in [-0.4, -0.2) is 19.7 Å². The number of hydrogen-bond acceptors (Lipinski definition) is 6. The molecule has 0 aliphatic carbocycles. The molecule has 2 aromatic carbocycles. The van der Waals surface area contributed by atoms with E-state index >= 15 is 0 Å². The number of aromatic nitrogens is 4. The van der Waals surface area contributed by atoms with Crippen molar-refractivity contribution in [1.82, 2.24) is 19.7 Å². The van der Waals surface area contributed by atoms with Crippen molar-refractivity contribution in [3.05, 3.63) is 76.0 Å². The summed E-state index contributed by atoms with van der Waals surface area (Å²) in [5, 5.41) is 12.4. The van der Waals surface area contributed by atoms with Gasteiger partial charge < -0.3 is 9.30 Å². The van der Waals surface area contributed by atoms with E-state index in [2.05, 4.69) is 15.2 Å². The van der Waals surface area contributed by atoms with Crippen LogP contribution in [0.4, 0.5) is 13.2 Å². The zero-order valence-electron chi connectivity index (χ0n) is 16.6. The Balaban J connectivity index is 1.37. The fraction of sp³-hybridized carbons (Fsp3) is 0.190. The largest absolute Gasteiger partial charge is 0.486 e. The summed E-state index contributed by atoms with van der Waals surface area (Å²) < 4.78 is 45.8. The van der Waals surface area contributed by atoms with Crippen LogP contribution >= 0.6 is 34.7 Å². The van der Waals surface area contributed by atoms with Crippen LogP contribution in [0.2, 0.25) is 5.02 Å². The Morgan fingerprint density at radius 2 is 1.94 bits per heavy atom. The van der Waals surface area contributed by atoms with E-state index in [1.807, 2.05) is 29.6 Å². The summed E-state index contributed by atoms with van der Waals surface area (Å²) in [7, 11) is 1.78. The van der Waals surface area contributed by atoms with Gasteiger partial charge in [-0.3, -0.25) is 0 Å². The van der Waals surface area contributed by atoms with Crippen LogP contribution < -0.4 is 4.74 Å². The molecule has 4 aromatic rings. The van der Waals surface area contributed by atoms with Crippen molar-refractivity contribution in [3.63, 3.8) is 0 Å². The molecule has 0 saturated carbocycles. The molecular formula is C21H16ClF3N4OS2. The van der Waals surface area contributed by atoms with Crippen molar-refractivity contribution in [2.24, 2.45) is 7.05 Å². The Morgan fingerprint density at radius 1 is 1.12 bits per heavy atom. The number of rotatable bonds is 7. The third-order valence-electron chi connectivity index (χ3n) is 4.46. The van der Waals surface area contributed by atoms with Crippen LogP contribution in [0, 0.1) is 0 Å². The first kappa shape index (κ1) is 22.6. The molecule has 0 atom stereocenters. The molecule has 11 heteroatoms. The van der Waals surface area contributed by atoms with Crippen LogP contribution in [0.15, 0.2) is 59.1 Å². The van der Waals surface area contributed by atoms with E-state index in [-0.39, 0.29) is 12.4 Å². The zero-order chi connectivity index (χ0) is 22.7. The van der Waals surface area contributed by atoms with Crippen molar-refractivity contribution >= 4 is 34.7 Å². The molecule has 5 nitrogen and oxygen atoms in total. The number of thioether (sulfide) groups is 1. The maximum absolute atomic E-state index is 12.8. The van der Waals surface area contributed by atoms with Gasteiger partial charge >= 0.3 is 6.18 Å². The molecule has 0 bridgehead atoms. The topological polar surface area (TPSA) is 52.8 Å².